The molecule has 0 spiro atoms. The van der Waals surface area contributed by atoms with Crippen molar-refractivity contribution in [3.05, 3.63) is 36.0 Å². The zero-order valence-corrected chi connectivity index (χ0v) is 9.69. The Morgan fingerprint density at radius 1 is 1.38 bits per heavy atom. The first-order valence-corrected chi connectivity index (χ1v) is 6.17. The van der Waals surface area contributed by atoms with Crippen LogP contribution >= 0.6 is 0 Å². The Kier molecular flexibility index (Phi) is 2.43. The van der Waals surface area contributed by atoms with Gasteiger partial charge < -0.3 is 5.32 Å². The summed E-state index contributed by atoms with van der Waals surface area (Å²) in [7, 11) is 0. The highest BCUT2D eigenvalue weighted by atomic mass is 15.0. The van der Waals surface area contributed by atoms with Crippen LogP contribution in [0.5, 0.6) is 0 Å². The highest BCUT2D eigenvalue weighted by Crippen LogP contribution is 2.43. The number of nitrogens with one attached hydrogen (secondary N) is 1. The first-order chi connectivity index (χ1) is 7.83. The molecule has 2 bridgehead atoms. The van der Waals surface area contributed by atoms with Gasteiger partial charge in [0.2, 0.25) is 0 Å². The fourth-order valence-corrected chi connectivity index (χ4v) is 3.03. The molecule has 1 heterocycles. The number of allylic oxidation sites excluding steroid dienone is 2. The first kappa shape index (κ1) is 9.88. The van der Waals surface area contributed by atoms with E-state index in [9.17, 15) is 0 Å². The number of aryl methyl sites for hydroxylation is 1. The van der Waals surface area contributed by atoms with Gasteiger partial charge in [-0.05, 0) is 49.1 Å². The molecule has 1 saturated carbocycles. The summed E-state index contributed by atoms with van der Waals surface area (Å²) >= 11 is 0. The second-order valence-electron chi connectivity index (χ2n) is 5.09. The van der Waals surface area contributed by atoms with E-state index in [0.717, 1.165) is 30.1 Å². The quantitative estimate of drug-likeness (QED) is 0.782. The Bertz CT molecular complexity index is 411. The van der Waals surface area contributed by atoms with Crippen LogP contribution in [0.1, 0.15) is 18.4 Å². The van der Waals surface area contributed by atoms with Crippen LogP contribution in [0.25, 0.3) is 0 Å². The molecule has 2 nitrogen and oxygen atoms in total. The summed E-state index contributed by atoms with van der Waals surface area (Å²) in [5.41, 5.74) is 1.24. The third-order valence-electron chi connectivity index (χ3n) is 3.96. The second kappa shape index (κ2) is 3.93. The van der Waals surface area contributed by atoms with Crippen molar-refractivity contribution >= 4 is 5.82 Å². The van der Waals surface area contributed by atoms with Crippen molar-refractivity contribution in [2.75, 3.05) is 11.9 Å². The molecule has 3 unspecified atom stereocenters. The zero-order chi connectivity index (χ0) is 11.0. The summed E-state index contributed by atoms with van der Waals surface area (Å²) in [5, 5.41) is 3.49. The van der Waals surface area contributed by atoms with Crippen LogP contribution in [0.15, 0.2) is 30.5 Å². The van der Waals surface area contributed by atoms with Crippen LogP contribution in [-0.4, -0.2) is 11.5 Å². The van der Waals surface area contributed by atoms with Crippen molar-refractivity contribution in [1.29, 1.82) is 0 Å². The molecule has 2 heteroatoms. The van der Waals surface area contributed by atoms with Crippen molar-refractivity contribution in [1.82, 2.24) is 4.98 Å². The van der Waals surface area contributed by atoms with Crippen molar-refractivity contribution < 1.29 is 0 Å². The Balaban J connectivity index is 1.61. The molecule has 0 amide bonds. The molecule has 2 aliphatic rings. The van der Waals surface area contributed by atoms with Crippen LogP contribution in [0.4, 0.5) is 5.82 Å². The van der Waals surface area contributed by atoms with E-state index < -0.39 is 0 Å². The lowest BCUT2D eigenvalue weighted by atomic mass is 9.93. The molecule has 1 aromatic heterocycles. The largest absolute Gasteiger partial charge is 0.370 e. The lowest BCUT2D eigenvalue weighted by Gasteiger charge is -2.19. The van der Waals surface area contributed by atoms with E-state index in [-0.39, 0.29) is 0 Å². The Morgan fingerprint density at radius 2 is 2.31 bits per heavy atom. The lowest BCUT2D eigenvalue weighted by molar-refractivity contribution is 0.471. The normalized spacial score (nSPS) is 30.9. The summed E-state index contributed by atoms with van der Waals surface area (Å²) < 4.78 is 0. The van der Waals surface area contributed by atoms with Gasteiger partial charge in [0.1, 0.15) is 5.82 Å². The van der Waals surface area contributed by atoms with E-state index in [1.165, 1.54) is 18.4 Å². The summed E-state index contributed by atoms with van der Waals surface area (Å²) in [6, 6.07) is 4.09. The van der Waals surface area contributed by atoms with Gasteiger partial charge in [-0.25, -0.2) is 4.98 Å². The van der Waals surface area contributed by atoms with E-state index >= 15 is 0 Å². The molecule has 0 aromatic carbocycles. The fourth-order valence-electron chi connectivity index (χ4n) is 3.03. The average Bonchev–Trinajstić information content (AvgIpc) is 2.90. The summed E-state index contributed by atoms with van der Waals surface area (Å²) in [6.07, 6.45) is 9.41. The Hall–Kier alpha value is -1.31. The molecule has 3 rings (SSSR count). The van der Waals surface area contributed by atoms with Crippen molar-refractivity contribution in [2.45, 2.75) is 19.8 Å². The minimum Gasteiger partial charge on any atom is -0.370 e. The minimum absolute atomic E-state index is 0.816. The number of hydrogen-bond donors (Lipinski definition) is 1. The SMILES string of the molecule is Cc1cccnc1NCC1CC2C=CC1C2. The van der Waals surface area contributed by atoms with Gasteiger partial charge in [0.25, 0.3) is 0 Å². The molecule has 1 N–H and O–H groups in total. The number of hydrogen-bond acceptors (Lipinski definition) is 2. The maximum absolute atomic E-state index is 4.37. The molecule has 0 radical (unpaired) electrons. The summed E-state index contributed by atoms with van der Waals surface area (Å²) in [6.45, 7) is 3.18. The Labute approximate surface area is 96.8 Å². The molecule has 1 fully saturated rings. The molecule has 16 heavy (non-hydrogen) atoms. The van der Waals surface area contributed by atoms with Gasteiger partial charge in [-0.1, -0.05) is 18.2 Å². The van der Waals surface area contributed by atoms with Crippen LogP contribution in [0.3, 0.4) is 0 Å². The highest BCUT2D eigenvalue weighted by Gasteiger charge is 2.35. The van der Waals surface area contributed by atoms with Gasteiger partial charge in [-0.2, -0.15) is 0 Å². The highest BCUT2D eigenvalue weighted by molar-refractivity contribution is 5.42. The molecular weight excluding hydrogens is 196 g/mol. The minimum atomic E-state index is 0.816. The average molecular weight is 214 g/mol. The number of rotatable bonds is 3. The van der Waals surface area contributed by atoms with Gasteiger partial charge >= 0.3 is 0 Å². The van der Waals surface area contributed by atoms with Gasteiger partial charge in [-0.3, -0.25) is 0 Å². The second-order valence-corrected chi connectivity index (χ2v) is 5.09. The Morgan fingerprint density at radius 3 is 3.00 bits per heavy atom. The fraction of sp³-hybridized carbons (Fsp3) is 0.500. The smallest absolute Gasteiger partial charge is 0.128 e. The van der Waals surface area contributed by atoms with Crippen molar-refractivity contribution in [3.63, 3.8) is 0 Å². The predicted molar refractivity (Wildman–Crippen MR) is 66.3 cm³/mol. The van der Waals surface area contributed by atoms with Crippen LogP contribution in [0, 0.1) is 24.7 Å². The predicted octanol–water partition coefficient (Wildman–Crippen LogP) is 3.01. The summed E-state index contributed by atoms with van der Waals surface area (Å²) in [4.78, 5) is 4.37. The van der Waals surface area contributed by atoms with E-state index in [0.29, 0.717) is 0 Å². The maximum Gasteiger partial charge on any atom is 0.128 e. The standard InChI is InChI=1S/C14H18N2/c1-10-3-2-6-15-14(10)16-9-13-8-11-4-5-12(13)7-11/h2-6,11-13H,7-9H2,1H3,(H,15,16). The van der Waals surface area contributed by atoms with Gasteiger partial charge in [-0.15, -0.1) is 0 Å². The first-order valence-electron chi connectivity index (χ1n) is 6.17. The van der Waals surface area contributed by atoms with Crippen LogP contribution < -0.4 is 5.32 Å². The molecule has 0 saturated heterocycles. The zero-order valence-electron chi connectivity index (χ0n) is 9.69. The number of fused-ring (bicyclic) bond motifs is 2. The van der Waals surface area contributed by atoms with E-state index in [1.807, 2.05) is 12.3 Å². The maximum atomic E-state index is 4.37. The molecule has 0 aliphatic heterocycles. The van der Waals surface area contributed by atoms with Gasteiger partial charge in [0.15, 0.2) is 0 Å². The van der Waals surface area contributed by atoms with E-state index in [2.05, 4.69) is 35.4 Å². The molecule has 84 valence electrons. The monoisotopic (exact) mass is 214 g/mol. The number of aromatic nitrogens is 1. The molecule has 2 aliphatic carbocycles. The number of pyridine rings is 1. The van der Waals surface area contributed by atoms with Gasteiger partial charge in [0, 0.05) is 12.7 Å². The number of nitrogens with zero attached hydrogens (tertiary/aromatic N) is 1. The summed E-state index contributed by atoms with van der Waals surface area (Å²) in [5.74, 6) is 3.55. The lowest BCUT2D eigenvalue weighted by Crippen LogP contribution is -2.19. The van der Waals surface area contributed by atoms with Crippen molar-refractivity contribution in [3.8, 4) is 0 Å². The number of anilines is 1. The van der Waals surface area contributed by atoms with E-state index in [4.69, 9.17) is 0 Å². The van der Waals surface area contributed by atoms with E-state index in [1.54, 1.807) is 0 Å². The third kappa shape index (κ3) is 1.73. The van der Waals surface area contributed by atoms with Crippen molar-refractivity contribution in [2.24, 2.45) is 17.8 Å². The van der Waals surface area contributed by atoms with Gasteiger partial charge in [0.05, 0.1) is 0 Å². The molecule has 1 aromatic rings. The molecule has 3 atom stereocenters. The topological polar surface area (TPSA) is 24.9 Å². The molecular formula is C14H18N2. The van der Waals surface area contributed by atoms with Crippen LogP contribution in [0.2, 0.25) is 0 Å². The van der Waals surface area contributed by atoms with Crippen LogP contribution in [-0.2, 0) is 0 Å². The third-order valence-corrected chi connectivity index (χ3v) is 3.96.